The lowest BCUT2D eigenvalue weighted by molar-refractivity contribution is 0.469. The molecule has 0 radical (unpaired) electrons. The third kappa shape index (κ3) is 1.80. The van der Waals surface area contributed by atoms with Crippen molar-refractivity contribution in [2.24, 2.45) is 0 Å². The van der Waals surface area contributed by atoms with Gasteiger partial charge in [0.15, 0.2) is 5.82 Å². The van der Waals surface area contributed by atoms with E-state index in [1.54, 1.807) is 12.1 Å². The van der Waals surface area contributed by atoms with Gasteiger partial charge in [-0.05, 0) is 12.1 Å². The number of anilines is 1. The summed E-state index contributed by atoms with van der Waals surface area (Å²) in [4.78, 5) is 0. The monoisotopic (exact) mass is 234 g/mol. The maximum atomic E-state index is 13.5. The third-order valence-corrected chi connectivity index (χ3v) is 2.96. The van der Waals surface area contributed by atoms with Crippen LogP contribution in [0.2, 0.25) is 10.0 Å². The van der Waals surface area contributed by atoms with Crippen molar-refractivity contribution in [2.45, 2.75) is 6.04 Å². The molecule has 0 unspecified atom stereocenters. The lowest BCUT2D eigenvalue weighted by atomic mass is 10.1. The van der Waals surface area contributed by atoms with Gasteiger partial charge in [-0.1, -0.05) is 23.2 Å². The van der Waals surface area contributed by atoms with Crippen molar-refractivity contribution in [3.05, 3.63) is 28.0 Å². The van der Waals surface area contributed by atoms with Crippen LogP contribution in [0, 0.1) is 5.82 Å². The Kier molecular flexibility index (Phi) is 2.81. The van der Waals surface area contributed by atoms with Gasteiger partial charge in [-0.25, -0.2) is 4.39 Å². The number of hydrogen-bond acceptors (Lipinski definition) is 2. The van der Waals surface area contributed by atoms with Crippen LogP contribution in [0.3, 0.4) is 0 Å². The number of halogens is 3. The normalized spacial score (nSPS) is 16.5. The van der Waals surface area contributed by atoms with Gasteiger partial charge in [0, 0.05) is 13.1 Å². The molecular weight excluding hydrogens is 226 g/mol. The van der Waals surface area contributed by atoms with Crippen molar-refractivity contribution in [1.82, 2.24) is 5.32 Å². The van der Waals surface area contributed by atoms with Gasteiger partial charge in [0.1, 0.15) is 0 Å². The molecule has 1 fully saturated rings. The Bertz CT molecular complexity index is 353. The molecule has 5 heteroatoms. The molecule has 0 saturated carbocycles. The van der Waals surface area contributed by atoms with Crippen LogP contribution in [0.5, 0.6) is 0 Å². The van der Waals surface area contributed by atoms with Crippen LogP contribution in [0.4, 0.5) is 10.1 Å². The van der Waals surface area contributed by atoms with E-state index in [4.69, 9.17) is 23.2 Å². The molecular formula is C9H9Cl2FN2. The summed E-state index contributed by atoms with van der Waals surface area (Å²) in [6.07, 6.45) is 0. The molecule has 76 valence electrons. The van der Waals surface area contributed by atoms with Crippen LogP contribution < -0.4 is 10.6 Å². The van der Waals surface area contributed by atoms with Crippen LogP contribution in [0.15, 0.2) is 12.1 Å². The quantitative estimate of drug-likeness (QED) is 0.769. The first-order valence-electron chi connectivity index (χ1n) is 4.29. The van der Waals surface area contributed by atoms with Gasteiger partial charge < -0.3 is 10.6 Å². The molecule has 2 nitrogen and oxygen atoms in total. The number of benzene rings is 1. The highest BCUT2D eigenvalue weighted by atomic mass is 35.5. The predicted molar refractivity (Wildman–Crippen MR) is 56.7 cm³/mol. The smallest absolute Gasteiger partial charge is 0.166 e. The van der Waals surface area contributed by atoms with Crippen LogP contribution in [-0.4, -0.2) is 19.1 Å². The molecule has 1 aromatic carbocycles. The van der Waals surface area contributed by atoms with Gasteiger partial charge in [-0.3, -0.25) is 0 Å². The van der Waals surface area contributed by atoms with Crippen molar-refractivity contribution in [2.75, 3.05) is 18.4 Å². The minimum atomic E-state index is -0.480. The second kappa shape index (κ2) is 3.93. The van der Waals surface area contributed by atoms with Gasteiger partial charge in [-0.2, -0.15) is 0 Å². The fourth-order valence-electron chi connectivity index (χ4n) is 1.25. The van der Waals surface area contributed by atoms with Gasteiger partial charge in [0.05, 0.1) is 21.8 Å². The first-order valence-corrected chi connectivity index (χ1v) is 5.05. The standard InChI is InChI=1S/C9H9Cl2FN2/c10-6-1-2-7(9(12)8(6)11)14-5-3-13-4-5/h1-2,5,13-14H,3-4H2. The Balaban J connectivity index is 2.20. The number of nitrogens with one attached hydrogen (secondary N) is 2. The van der Waals surface area contributed by atoms with Gasteiger partial charge in [0.25, 0.3) is 0 Å². The van der Waals surface area contributed by atoms with E-state index in [1.807, 2.05) is 0 Å². The molecule has 1 heterocycles. The maximum Gasteiger partial charge on any atom is 0.166 e. The van der Waals surface area contributed by atoms with Crippen LogP contribution >= 0.6 is 23.2 Å². The van der Waals surface area contributed by atoms with Crippen molar-refractivity contribution >= 4 is 28.9 Å². The zero-order valence-corrected chi connectivity index (χ0v) is 8.79. The summed E-state index contributed by atoms with van der Waals surface area (Å²) in [5.41, 5.74) is 0.408. The highest BCUT2D eigenvalue weighted by Crippen LogP contribution is 2.30. The van der Waals surface area contributed by atoms with E-state index >= 15 is 0 Å². The Morgan fingerprint density at radius 2 is 2.07 bits per heavy atom. The van der Waals surface area contributed by atoms with Crippen LogP contribution in [-0.2, 0) is 0 Å². The Hall–Kier alpha value is -0.510. The molecule has 0 aliphatic carbocycles. The Labute approximate surface area is 91.4 Å². The zero-order valence-electron chi connectivity index (χ0n) is 7.28. The van der Waals surface area contributed by atoms with E-state index < -0.39 is 5.82 Å². The lowest BCUT2D eigenvalue weighted by Gasteiger charge is -2.29. The van der Waals surface area contributed by atoms with Crippen molar-refractivity contribution in [1.29, 1.82) is 0 Å². The minimum absolute atomic E-state index is 0.0241. The van der Waals surface area contributed by atoms with Gasteiger partial charge in [0.2, 0.25) is 0 Å². The summed E-state index contributed by atoms with van der Waals surface area (Å²) in [5.74, 6) is -0.480. The SMILES string of the molecule is Fc1c(NC2CNC2)ccc(Cl)c1Cl. The molecule has 0 atom stereocenters. The average molecular weight is 235 g/mol. The Morgan fingerprint density at radius 1 is 1.36 bits per heavy atom. The molecule has 14 heavy (non-hydrogen) atoms. The van der Waals surface area contributed by atoms with E-state index in [1.165, 1.54) is 0 Å². The first-order chi connectivity index (χ1) is 6.68. The summed E-state index contributed by atoms with van der Waals surface area (Å²) >= 11 is 11.3. The number of rotatable bonds is 2. The Morgan fingerprint density at radius 3 is 2.64 bits per heavy atom. The van der Waals surface area contributed by atoms with E-state index in [2.05, 4.69) is 10.6 Å². The molecule has 1 aromatic rings. The summed E-state index contributed by atoms with van der Waals surface area (Å²) in [6.45, 7) is 1.69. The molecule has 0 spiro atoms. The first kappa shape index (κ1) is 10.0. The molecule has 1 aliphatic rings. The summed E-state index contributed by atoms with van der Waals surface area (Å²) in [7, 11) is 0. The molecule has 1 aliphatic heterocycles. The van der Waals surface area contributed by atoms with Crippen LogP contribution in [0.1, 0.15) is 0 Å². The van der Waals surface area contributed by atoms with E-state index in [0.717, 1.165) is 13.1 Å². The topological polar surface area (TPSA) is 24.1 Å². The van der Waals surface area contributed by atoms with Crippen molar-refractivity contribution < 1.29 is 4.39 Å². The van der Waals surface area contributed by atoms with Gasteiger partial charge in [-0.15, -0.1) is 0 Å². The second-order valence-corrected chi connectivity index (χ2v) is 4.01. The fraction of sp³-hybridized carbons (Fsp3) is 0.333. The summed E-state index contributed by atoms with van der Waals surface area (Å²) in [6, 6.07) is 3.46. The molecule has 0 amide bonds. The predicted octanol–water partition coefficient (Wildman–Crippen LogP) is 2.52. The molecule has 2 N–H and O–H groups in total. The van der Waals surface area contributed by atoms with Crippen molar-refractivity contribution in [3.8, 4) is 0 Å². The third-order valence-electron chi connectivity index (χ3n) is 2.18. The zero-order chi connectivity index (χ0) is 10.1. The average Bonchev–Trinajstić information content (AvgIpc) is 2.10. The highest BCUT2D eigenvalue weighted by molar-refractivity contribution is 6.42. The second-order valence-electron chi connectivity index (χ2n) is 3.22. The minimum Gasteiger partial charge on any atom is -0.377 e. The molecule has 2 rings (SSSR count). The molecule has 0 aromatic heterocycles. The van der Waals surface area contributed by atoms with Gasteiger partial charge >= 0.3 is 0 Å². The lowest BCUT2D eigenvalue weighted by Crippen LogP contribution is -2.51. The summed E-state index contributed by atoms with van der Waals surface area (Å²) in [5, 5.41) is 6.33. The highest BCUT2D eigenvalue weighted by Gasteiger charge is 2.19. The van der Waals surface area contributed by atoms with Crippen molar-refractivity contribution in [3.63, 3.8) is 0 Å². The fourth-order valence-corrected chi connectivity index (χ4v) is 1.56. The molecule has 1 saturated heterocycles. The largest absolute Gasteiger partial charge is 0.377 e. The number of hydrogen-bond donors (Lipinski definition) is 2. The summed E-state index contributed by atoms with van der Waals surface area (Å²) < 4.78 is 13.5. The van der Waals surface area contributed by atoms with Crippen LogP contribution in [0.25, 0.3) is 0 Å². The van der Waals surface area contributed by atoms with E-state index in [9.17, 15) is 4.39 Å². The van der Waals surface area contributed by atoms with E-state index in [0.29, 0.717) is 5.69 Å². The maximum absolute atomic E-state index is 13.5. The molecule has 0 bridgehead atoms. The van der Waals surface area contributed by atoms with E-state index in [-0.39, 0.29) is 16.1 Å².